The van der Waals surface area contributed by atoms with Crippen LogP contribution in [-0.4, -0.2) is 50.3 Å². The Labute approximate surface area is 202 Å². The molecule has 1 saturated heterocycles. The van der Waals surface area contributed by atoms with Crippen molar-refractivity contribution in [3.8, 4) is 0 Å². The summed E-state index contributed by atoms with van der Waals surface area (Å²) in [7, 11) is 3.75. The summed E-state index contributed by atoms with van der Waals surface area (Å²) in [6.45, 7) is 5.02. The van der Waals surface area contributed by atoms with Crippen molar-refractivity contribution >= 4 is 29.9 Å². The summed E-state index contributed by atoms with van der Waals surface area (Å²) in [5.74, 6) is 0.573. The van der Waals surface area contributed by atoms with Crippen LogP contribution in [0.2, 0.25) is 0 Å². The van der Waals surface area contributed by atoms with E-state index in [0.717, 1.165) is 44.1 Å². The fourth-order valence-electron chi connectivity index (χ4n) is 4.04. The van der Waals surface area contributed by atoms with Gasteiger partial charge in [-0.15, -0.1) is 24.0 Å². The first-order valence-electron chi connectivity index (χ1n) is 10.6. The number of nitrogens with one attached hydrogen (secondary N) is 2. The number of ether oxygens (including phenoxy) is 1. The fourth-order valence-corrected chi connectivity index (χ4v) is 4.04. The lowest BCUT2D eigenvalue weighted by atomic mass is 9.88. The maximum absolute atomic E-state index is 13.5. The normalized spacial score (nSPS) is 16.8. The molecule has 0 radical (unpaired) electrons. The molecule has 2 N–H and O–H groups in total. The minimum Gasteiger partial charge on any atom is -0.381 e. The SMILES string of the molecule is CN=C(NCC1(NC(C)c2ccccc2)CCOCC1)N(C)Cc1cccc(F)c1.I. The molecule has 2 aromatic rings. The van der Waals surface area contributed by atoms with Gasteiger partial charge in [-0.25, -0.2) is 4.39 Å². The molecule has 31 heavy (non-hydrogen) atoms. The molecule has 0 amide bonds. The molecule has 0 aliphatic carbocycles. The van der Waals surface area contributed by atoms with Crippen molar-refractivity contribution in [2.75, 3.05) is 33.9 Å². The van der Waals surface area contributed by atoms with Gasteiger partial charge in [0, 0.05) is 52.0 Å². The number of rotatable bonds is 7. The quantitative estimate of drug-likeness (QED) is 0.312. The van der Waals surface area contributed by atoms with Crippen LogP contribution in [0.4, 0.5) is 4.39 Å². The molecular weight excluding hydrogens is 506 g/mol. The van der Waals surface area contributed by atoms with Crippen molar-refractivity contribution < 1.29 is 9.13 Å². The molecule has 1 atom stereocenters. The Hall–Kier alpha value is -1.71. The average molecular weight is 540 g/mol. The minimum absolute atomic E-state index is 0. The maximum atomic E-state index is 13.5. The third-order valence-corrected chi connectivity index (χ3v) is 5.74. The molecule has 1 fully saturated rings. The van der Waals surface area contributed by atoms with Crippen LogP contribution < -0.4 is 10.6 Å². The highest BCUT2D eigenvalue weighted by Gasteiger charge is 2.34. The summed E-state index contributed by atoms with van der Waals surface area (Å²) in [6, 6.07) is 17.4. The summed E-state index contributed by atoms with van der Waals surface area (Å²) < 4.78 is 19.2. The Morgan fingerprint density at radius 2 is 1.87 bits per heavy atom. The van der Waals surface area contributed by atoms with E-state index in [4.69, 9.17) is 4.74 Å². The van der Waals surface area contributed by atoms with Gasteiger partial charge in [-0.1, -0.05) is 42.5 Å². The van der Waals surface area contributed by atoms with Crippen LogP contribution in [-0.2, 0) is 11.3 Å². The van der Waals surface area contributed by atoms with E-state index in [1.54, 1.807) is 19.2 Å². The van der Waals surface area contributed by atoms with E-state index in [1.165, 1.54) is 11.6 Å². The molecule has 1 unspecified atom stereocenters. The van der Waals surface area contributed by atoms with Crippen LogP contribution in [0.25, 0.3) is 0 Å². The van der Waals surface area contributed by atoms with Gasteiger partial charge in [0.15, 0.2) is 5.96 Å². The Morgan fingerprint density at radius 1 is 1.16 bits per heavy atom. The lowest BCUT2D eigenvalue weighted by molar-refractivity contribution is 0.0353. The molecule has 170 valence electrons. The van der Waals surface area contributed by atoms with Crippen molar-refractivity contribution in [3.63, 3.8) is 0 Å². The second kappa shape index (κ2) is 12.4. The number of halogens is 2. The zero-order valence-electron chi connectivity index (χ0n) is 18.6. The molecule has 0 spiro atoms. The van der Waals surface area contributed by atoms with E-state index in [9.17, 15) is 4.39 Å². The van der Waals surface area contributed by atoms with Gasteiger partial charge >= 0.3 is 0 Å². The number of benzene rings is 2. The van der Waals surface area contributed by atoms with Gasteiger partial charge in [0.25, 0.3) is 0 Å². The molecule has 2 aromatic carbocycles. The zero-order valence-corrected chi connectivity index (χ0v) is 20.9. The van der Waals surface area contributed by atoms with Gasteiger partial charge in [0.2, 0.25) is 0 Å². The summed E-state index contributed by atoms with van der Waals surface area (Å²) in [6.07, 6.45) is 1.86. The van der Waals surface area contributed by atoms with Crippen LogP contribution in [0.15, 0.2) is 59.6 Å². The molecule has 0 saturated carbocycles. The lowest BCUT2D eigenvalue weighted by Gasteiger charge is -2.41. The molecule has 1 aliphatic heterocycles. The molecule has 0 bridgehead atoms. The highest BCUT2D eigenvalue weighted by molar-refractivity contribution is 14.0. The number of guanidine groups is 1. The Morgan fingerprint density at radius 3 is 2.52 bits per heavy atom. The van der Waals surface area contributed by atoms with Crippen LogP contribution in [0.5, 0.6) is 0 Å². The monoisotopic (exact) mass is 540 g/mol. The molecular formula is C24H34FIN4O. The number of aliphatic imine (C=N–C) groups is 1. The summed E-state index contributed by atoms with van der Waals surface area (Å²) in [5.41, 5.74) is 2.11. The molecule has 7 heteroatoms. The zero-order chi connectivity index (χ0) is 21.4. The van der Waals surface area contributed by atoms with E-state index in [2.05, 4.69) is 46.8 Å². The minimum atomic E-state index is -0.218. The van der Waals surface area contributed by atoms with Gasteiger partial charge in [0.1, 0.15) is 5.82 Å². The highest BCUT2D eigenvalue weighted by Crippen LogP contribution is 2.25. The van der Waals surface area contributed by atoms with Crippen molar-refractivity contribution in [2.45, 2.75) is 37.9 Å². The van der Waals surface area contributed by atoms with Crippen molar-refractivity contribution in [1.29, 1.82) is 0 Å². The second-order valence-electron chi connectivity index (χ2n) is 8.06. The molecule has 0 aromatic heterocycles. The van der Waals surface area contributed by atoms with Gasteiger partial charge in [-0.05, 0) is 43.0 Å². The van der Waals surface area contributed by atoms with Crippen LogP contribution in [0.3, 0.4) is 0 Å². The van der Waals surface area contributed by atoms with Gasteiger partial charge in [-0.3, -0.25) is 4.99 Å². The van der Waals surface area contributed by atoms with Crippen LogP contribution >= 0.6 is 24.0 Å². The van der Waals surface area contributed by atoms with Crippen LogP contribution in [0.1, 0.15) is 36.9 Å². The number of hydrogen-bond donors (Lipinski definition) is 2. The van der Waals surface area contributed by atoms with Gasteiger partial charge in [-0.2, -0.15) is 0 Å². The first-order valence-corrected chi connectivity index (χ1v) is 10.6. The van der Waals surface area contributed by atoms with E-state index in [0.29, 0.717) is 6.54 Å². The first-order chi connectivity index (χ1) is 14.5. The largest absolute Gasteiger partial charge is 0.381 e. The van der Waals surface area contributed by atoms with Gasteiger partial charge in [0.05, 0.1) is 0 Å². The third kappa shape index (κ3) is 7.43. The third-order valence-electron chi connectivity index (χ3n) is 5.74. The summed E-state index contributed by atoms with van der Waals surface area (Å²) >= 11 is 0. The smallest absolute Gasteiger partial charge is 0.193 e. The first kappa shape index (κ1) is 25.5. The van der Waals surface area contributed by atoms with E-state index >= 15 is 0 Å². The summed E-state index contributed by atoms with van der Waals surface area (Å²) in [5, 5.41) is 7.39. The average Bonchev–Trinajstić information content (AvgIpc) is 2.75. The van der Waals surface area contributed by atoms with E-state index < -0.39 is 0 Å². The van der Waals surface area contributed by atoms with Crippen molar-refractivity contribution in [3.05, 3.63) is 71.5 Å². The predicted molar refractivity (Wildman–Crippen MR) is 135 cm³/mol. The Balaban J connectivity index is 0.00000341. The lowest BCUT2D eigenvalue weighted by Crippen LogP contribution is -2.58. The topological polar surface area (TPSA) is 48.9 Å². The molecule has 5 nitrogen and oxygen atoms in total. The van der Waals surface area contributed by atoms with E-state index in [-0.39, 0.29) is 41.4 Å². The predicted octanol–water partition coefficient (Wildman–Crippen LogP) is 4.35. The fraction of sp³-hybridized carbons (Fsp3) is 0.458. The van der Waals surface area contributed by atoms with Gasteiger partial charge < -0.3 is 20.3 Å². The second-order valence-corrected chi connectivity index (χ2v) is 8.06. The highest BCUT2D eigenvalue weighted by atomic mass is 127. The molecule has 1 aliphatic rings. The standard InChI is InChI=1S/C24H33FN4O.HI/c1-19(21-9-5-4-6-10-21)28-24(12-14-30-15-13-24)18-27-23(26-2)29(3)17-20-8-7-11-22(25)16-20;/h4-11,16,19,28H,12-15,17-18H2,1-3H3,(H,26,27);1H. The number of nitrogens with zero attached hydrogens (tertiary/aromatic N) is 2. The number of hydrogen-bond acceptors (Lipinski definition) is 3. The van der Waals surface area contributed by atoms with Crippen molar-refractivity contribution in [1.82, 2.24) is 15.5 Å². The van der Waals surface area contributed by atoms with Crippen molar-refractivity contribution in [2.24, 2.45) is 4.99 Å². The molecule has 1 heterocycles. The van der Waals surface area contributed by atoms with E-state index in [1.807, 2.05) is 24.1 Å². The molecule has 3 rings (SSSR count). The maximum Gasteiger partial charge on any atom is 0.193 e. The Bertz CT molecular complexity index is 827. The Kier molecular flexibility index (Phi) is 10.2. The van der Waals surface area contributed by atoms with Crippen LogP contribution in [0, 0.1) is 5.82 Å². The summed E-state index contributed by atoms with van der Waals surface area (Å²) in [4.78, 5) is 6.45.